The molecule has 0 saturated heterocycles. The Morgan fingerprint density at radius 2 is 2.25 bits per heavy atom. The van der Waals surface area contributed by atoms with E-state index in [4.69, 9.17) is 21.8 Å². The number of hydrogen-bond donors (Lipinski definition) is 3. The van der Waals surface area contributed by atoms with Gasteiger partial charge in [0.05, 0.1) is 6.54 Å². The predicted octanol–water partition coefficient (Wildman–Crippen LogP) is -0.0897. The fourth-order valence-corrected chi connectivity index (χ4v) is 1.06. The third-order valence-electron chi connectivity index (χ3n) is 1.70. The van der Waals surface area contributed by atoms with E-state index in [0.717, 1.165) is 0 Å². The van der Waals surface area contributed by atoms with Crippen LogP contribution in [0.5, 0.6) is 0 Å². The maximum atomic E-state index is 11.4. The molecule has 0 aliphatic carbocycles. The van der Waals surface area contributed by atoms with Gasteiger partial charge in [0.2, 0.25) is 0 Å². The lowest BCUT2D eigenvalue weighted by atomic mass is 10.3. The van der Waals surface area contributed by atoms with Crippen LogP contribution in [0.3, 0.4) is 0 Å². The SMILES string of the molecule is O=C(NCC(O)C(=O)O)c1cc(Cl)ccn1. The quantitative estimate of drug-likeness (QED) is 0.687. The average Bonchev–Trinajstić information content (AvgIpc) is 2.25. The van der Waals surface area contributed by atoms with Gasteiger partial charge in [-0.15, -0.1) is 0 Å². The molecule has 0 aliphatic heterocycles. The van der Waals surface area contributed by atoms with Crippen molar-refractivity contribution in [3.05, 3.63) is 29.0 Å². The monoisotopic (exact) mass is 244 g/mol. The molecule has 1 atom stereocenters. The molecule has 1 amide bonds. The molecule has 3 N–H and O–H groups in total. The fraction of sp³-hybridized carbons (Fsp3) is 0.222. The molecule has 1 heterocycles. The number of nitrogens with zero attached hydrogens (tertiary/aromatic N) is 1. The van der Waals surface area contributed by atoms with Crippen molar-refractivity contribution >= 4 is 23.5 Å². The van der Waals surface area contributed by atoms with Crippen LogP contribution < -0.4 is 5.32 Å². The van der Waals surface area contributed by atoms with Gasteiger partial charge < -0.3 is 15.5 Å². The van der Waals surface area contributed by atoms with Crippen LogP contribution in [0.4, 0.5) is 0 Å². The molecular formula is C9H9ClN2O4. The van der Waals surface area contributed by atoms with Crippen LogP contribution in [0.25, 0.3) is 0 Å². The van der Waals surface area contributed by atoms with Gasteiger partial charge >= 0.3 is 5.97 Å². The van der Waals surface area contributed by atoms with Crippen molar-refractivity contribution < 1.29 is 19.8 Å². The molecule has 16 heavy (non-hydrogen) atoms. The molecule has 0 aromatic carbocycles. The molecule has 0 spiro atoms. The highest BCUT2D eigenvalue weighted by molar-refractivity contribution is 6.30. The molecule has 86 valence electrons. The molecule has 0 saturated carbocycles. The van der Waals surface area contributed by atoms with Crippen molar-refractivity contribution in [3.8, 4) is 0 Å². The molecule has 1 aromatic heterocycles. The summed E-state index contributed by atoms with van der Waals surface area (Å²) >= 11 is 5.64. The minimum atomic E-state index is -1.64. The van der Waals surface area contributed by atoms with Crippen LogP contribution >= 0.6 is 11.6 Å². The highest BCUT2D eigenvalue weighted by atomic mass is 35.5. The second-order valence-corrected chi connectivity index (χ2v) is 3.36. The van der Waals surface area contributed by atoms with Crippen LogP contribution in [0.15, 0.2) is 18.3 Å². The number of pyridine rings is 1. The first kappa shape index (κ1) is 12.4. The van der Waals surface area contributed by atoms with Crippen LogP contribution in [-0.2, 0) is 4.79 Å². The zero-order chi connectivity index (χ0) is 12.1. The van der Waals surface area contributed by atoms with Gasteiger partial charge in [0, 0.05) is 11.2 Å². The number of aliphatic carboxylic acids is 1. The molecule has 1 aromatic rings. The van der Waals surface area contributed by atoms with E-state index in [9.17, 15) is 9.59 Å². The first-order valence-electron chi connectivity index (χ1n) is 4.31. The summed E-state index contributed by atoms with van der Waals surface area (Å²) in [7, 11) is 0. The largest absolute Gasteiger partial charge is 0.479 e. The van der Waals surface area contributed by atoms with Crippen molar-refractivity contribution in [2.75, 3.05) is 6.54 Å². The number of halogens is 1. The highest BCUT2D eigenvalue weighted by Crippen LogP contribution is 2.07. The van der Waals surface area contributed by atoms with E-state index < -0.39 is 18.0 Å². The van der Waals surface area contributed by atoms with Crippen molar-refractivity contribution in [2.45, 2.75) is 6.10 Å². The zero-order valence-electron chi connectivity index (χ0n) is 8.05. The number of nitrogens with one attached hydrogen (secondary N) is 1. The van der Waals surface area contributed by atoms with Crippen LogP contribution in [0.2, 0.25) is 5.02 Å². The number of rotatable bonds is 4. The molecule has 0 aliphatic rings. The Kier molecular flexibility index (Phi) is 4.21. The van der Waals surface area contributed by atoms with Crippen LogP contribution in [0, 0.1) is 0 Å². The Morgan fingerprint density at radius 1 is 1.56 bits per heavy atom. The van der Waals surface area contributed by atoms with Crippen molar-refractivity contribution in [1.82, 2.24) is 10.3 Å². The predicted molar refractivity (Wildman–Crippen MR) is 55.2 cm³/mol. The van der Waals surface area contributed by atoms with Crippen molar-refractivity contribution in [3.63, 3.8) is 0 Å². The normalized spacial score (nSPS) is 11.9. The van der Waals surface area contributed by atoms with E-state index in [1.807, 2.05) is 0 Å². The average molecular weight is 245 g/mol. The van der Waals surface area contributed by atoms with E-state index in [-0.39, 0.29) is 12.2 Å². The number of carboxylic acids is 1. The highest BCUT2D eigenvalue weighted by Gasteiger charge is 2.15. The molecule has 1 rings (SSSR count). The zero-order valence-corrected chi connectivity index (χ0v) is 8.81. The first-order valence-corrected chi connectivity index (χ1v) is 4.69. The Labute approximate surface area is 95.9 Å². The maximum Gasteiger partial charge on any atom is 0.334 e. The summed E-state index contributed by atoms with van der Waals surface area (Å²) < 4.78 is 0. The number of hydrogen-bond acceptors (Lipinski definition) is 4. The molecular weight excluding hydrogens is 236 g/mol. The number of carbonyl (C=O) groups is 2. The van der Waals surface area contributed by atoms with E-state index in [0.29, 0.717) is 5.02 Å². The molecule has 0 fully saturated rings. The van der Waals surface area contributed by atoms with Crippen molar-refractivity contribution in [2.24, 2.45) is 0 Å². The number of carbonyl (C=O) groups excluding carboxylic acids is 1. The van der Waals surface area contributed by atoms with E-state index in [2.05, 4.69) is 10.3 Å². The van der Waals surface area contributed by atoms with E-state index in [1.165, 1.54) is 18.3 Å². The van der Waals surface area contributed by atoms with E-state index in [1.54, 1.807) is 0 Å². The first-order chi connectivity index (χ1) is 7.50. The molecule has 1 unspecified atom stereocenters. The fourth-order valence-electron chi connectivity index (χ4n) is 0.896. The summed E-state index contributed by atoms with van der Waals surface area (Å²) in [6.07, 6.45) is -0.284. The minimum absolute atomic E-state index is 0.0603. The Balaban J connectivity index is 2.56. The van der Waals surface area contributed by atoms with Gasteiger partial charge in [0.25, 0.3) is 5.91 Å². The summed E-state index contributed by atoms with van der Waals surface area (Å²) in [5.41, 5.74) is 0.0603. The Bertz CT molecular complexity index is 410. The van der Waals surface area contributed by atoms with Crippen LogP contribution in [-0.4, -0.2) is 39.7 Å². The Morgan fingerprint density at radius 3 is 2.81 bits per heavy atom. The van der Waals surface area contributed by atoms with Gasteiger partial charge in [-0.1, -0.05) is 11.6 Å². The number of aliphatic hydroxyl groups is 1. The van der Waals surface area contributed by atoms with Gasteiger partial charge in [0.1, 0.15) is 5.69 Å². The Hall–Kier alpha value is -1.66. The van der Waals surface area contributed by atoms with Gasteiger partial charge in [-0.05, 0) is 12.1 Å². The van der Waals surface area contributed by atoms with Crippen molar-refractivity contribution in [1.29, 1.82) is 0 Å². The third-order valence-corrected chi connectivity index (χ3v) is 1.93. The smallest absolute Gasteiger partial charge is 0.334 e. The lowest BCUT2D eigenvalue weighted by Gasteiger charge is -2.07. The van der Waals surface area contributed by atoms with Gasteiger partial charge in [-0.3, -0.25) is 9.78 Å². The molecule has 0 radical (unpaired) electrons. The third kappa shape index (κ3) is 3.48. The summed E-state index contributed by atoms with van der Waals surface area (Å²) in [5, 5.41) is 19.9. The second kappa shape index (κ2) is 5.43. The van der Waals surface area contributed by atoms with Crippen LogP contribution in [0.1, 0.15) is 10.5 Å². The molecule has 0 bridgehead atoms. The number of carboxylic acid groups (broad SMARTS) is 1. The second-order valence-electron chi connectivity index (χ2n) is 2.92. The van der Waals surface area contributed by atoms with Gasteiger partial charge in [0.15, 0.2) is 6.10 Å². The number of aromatic nitrogens is 1. The van der Waals surface area contributed by atoms with E-state index >= 15 is 0 Å². The van der Waals surface area contributed by atoms with Gasteiger partial charge in [-0.2, -0.15) is 0 Å². The van der Waals surface area contributed by atoms with Gasteiger partial charge in [-0.25, -0.2) is 4.79 Å². The summed E-state index contributed by atoms with van der Waals surface area (Å²) in [6, 6.07) is 2.84. The maximum absolute atomic E-state index is 11.4. The lowest BCUT2D eigenvalue weighted by molar-refractivity contribution is -0.146. The minimum Gasteiger partial charge on any atom is -0.479 e. The molecule has 7 heteroatoms. The summed E-state index contributed by atoms with van der Waals surface area (Å²) in [4.78, 5) is 25.4. The molecule has 6 nitrogen and oxygen atoms in total. The lowest BCUT2D eigenvalue weighted by Crippen LogP contribution is -2.36. The number of aliphatic hydroxyl groups excluding tert-OH is 1. The topological polar surface area (TPSA) is 99.5 Å². The number of amides is 1. The standard InChI is InChI=1S/C9H9ClN2O4/c10-5-1-2-11-6(3-5)8(14)12-4-7(13)9(15)16/h1-3,7,13H,4H2,(H,12,14)(H,15,16). The summed E-state index contributed by atoms with van der Waals surface area (Å²) in [6.45, 7) is -0.387. The summed E-state index contributed by atoms with van der Waals surface area (Å²) in [5.74, 6) is -2.00.